The fourth-order valence-corrected chi connectivity index (χ4v) is 4.63. The van der Waals surface area contributed by atoms with Gasteiger partial charge in [-0.2, -0.15) is 25.3 Å². The minimum absolute atomic E-state index is 0.0464. The van der Waals surface area contributed by atoms with Crippen LogP contribution < -0.4 is 5.73 Å². The Balaban J connectivity index is 3.17. The third kappa shape index (κ3) is 3.29. The molecule has 0 radical (unpaired) electrons. The van der Waals surface area contributed by atoms with E-state index in [9.17, 15) is 29.8 Å². The van der Waals surface area contributed by atoms with Crippen molar-refractivity contribution in [1.82, 2.24) is 0 Å². The van der Waals surface area contributed by atoms with Gasteiger partial charge in [0.15, 0.2) is 0 Å². The predicted molar refractivity (Wildman–Crippen MR) is 77.8 cm³/mol. The van der Waals surface area contributed by atoms with E-state index >= 15 is 0 Å². The molecule has 0 bridgehead atoms. The van der Waals surface area contributed by atoms with Crippen molar-refractivity contribution >= 4 is 46.8 Å². The maximum atomic E-state index is 11.5. The molecule has 10 nitrogen and oxygen atoms in total. The van der Waals surface area contributed by atoms with E-state index in [4.69, 9.17) is 14.8 Å². The van der Waals surface area contributed by atoms with E-state index in [-0.39, 0.29) is 5.39 Å². The topological polar surface area (TPSA) is 189 Å². The van der Waals surface area contributed by atoms with E-state index in [1.807, 2.05) is 0 Å². The molecule has 0 heterocycles. The van der Waals surface area contributed by atoms with Gasteiger partial charge >= 0.3 is 0 Å². The van der Waals surface area contributed by atoms with Crippen molar-refractivity contribution in [3.63, 3.8) is 0 Å². The molecule has 5 N–H and O–H groups in total. The highest BCUT2D eigenvalue weighted by molar-refractivity contribution is 7.89. The summed E-state index contributed by atoms with van der Waals surface area (Å²) in [6.07, 6.45) is 0. The highest BCUT2D eigenvalue weighted by atomic mass is 32.2. The molecule has 2 rings (SSSR count). The summed E-state index contributed by atoms with van der Waals surface area (Å²) in [7, 11) is -15.1. The van der Waals surface area contributed by atoms with Gasteiger partial charge in [0.05, 0.1) is 5.69 Å². The molecular weight excluding hydrogens is 374 g/mol. The van der Waals surface area contributed by atoms with Crippen LogP contribution >= 0.6 is 0 Å². The average molecular weight is 383 g/mol. The highest BCUT2D eigenvalue weighted by Gasteiger charge is 2.28. The zero-order valence-corrected chi connectivity index (χ0v) is 13.4. The number of rotatable bonds is 3. The van der Waals surface area contributed by atoms with E-state index in [0.29, 0.717) is 12.1 Å². The summed E-state index contributed by atoms with van der Waals surface area (Å²) >= 11 is 0. The SMILES string of the molecule is Nc1cc2ccc(S(=O)(=O)O)c(S(=O)(=O)O)c2cc1S(=O)(=O)O. The molecule has 2 aromatic carbocycles. The molecule has 0 amide bonds. The Morgan fingerprint density at radius 2 is 1.26 bits per heavy atom. The van der Waals surface area contributed by atoms with Crippen LogP contribution in [0.2, 0.25) is 0 Å². The third-order valence-corrected chi connectivity index (χ3v) is 5.77. The normalized spacial score (nSPS) is 13.3. The molecule has 0 atom stereocenters. The third-order valence-electron chi connectivity index (χ3n) is 2.88. The van der Waals surface area contributed by atoms with Crippen molar-refractivity contribution in [1.29, 1.82) is 0 Å². The summed E-state index contributed by atoms with van der Waals surface area (Å²) in [5.41, 5.74) is 5.01. The maximum Gasteiger partial charge on any atom is 0.296 e. The predicted octanol–water partition coefficient (Wildman–Crippen LogP) is 0.162. The van der Waals surface area contributed by atoms with Crippen molar-refractivity contribution in [3.05, 3.63) is 24.3 Å². The molecule has 0 spiro atoms. The number of hydrogen-bond donors (Lipinski definition) is 4. The summed E-state index contributed by atoms with van der Waals surface area (Å²) in [6.45, 7) is 0. The Bertz CT molecular complexity index is 1130. The minimum atomic E-state index is -5.17. The van der Waals surface area contributed by atoms with Gasteiger partial charge in [-0.05, 0) is 23.6 Å². The summed E-state index contributed by atoms with van der Waals surface area (Å²) in [5, 5.41) is -0.612. The van der Waals surface area contributed by atoms with Gasteiger partial charge in [0.25, 0.3) is 30.4 Å². The molecule has 0 unspecified atom stereocenters. The van der Waals surface area contributed by atoms with Gasteiger partial charge in [0.1, 0.15) is 14.7 Å². The van der Waals surface area contributed by atoms with Gasteiger partial charge in [0.2, 0.25) is 0 Å². The van der Waals surface area contributed by atoms with Crippen LogP contribution in [0.3, 0.4) is 0 Å². The Kier molecular flexibility index (Phi) is 3.91. The van der Waals surface area contributed by atoms with Crippen LogP contribution in [0.1, 0.15) is 0 Å². The maximum absolute atomic E-state index is 11.5. The van der Waals surface area contributed by atoms with Crippen molar-refractivity contribution in [2.24, 2.45) is 0 Å². The van der Waals surface area contributed by atoms with Crippen molar-refractivity contribution in [3.8, 4) is 0 Å². The molecule has 0 saturated heterocycles. The van der Waals surface area contributed by atoms with Gasteiger partial charge in [-0.25, -0.2) is 0 Å². The highest BCUT2D eigenvalue weighted by Crippen LogP contribution is 2.33. The van der Waals surface area contributed by atoms with Crippen LogP contribution in [-0.4, -0.2) is 38.9 Å². The van der Waals surface area contributed by atoms with Gasteiger partial charge in [0, 0.05) is 5.39 Å². The number of nitrogen functional groups attached to an aromatic ring is 1. The summed E-state index contributed by atoms with van der Waals surface area (Å²) < 4.78 is 95.4. The lowest BCUT2D eigenvalue weighted by Crippen LogP contribution is -2.10. The van der Waals surface area contributed by atoms with E-state index in [2.05, 4.69) is 0 Å². The lowest BCUT2D eigenvalue weighted by Gasteiger charge is -2.11. The lowest BCUT2D eigenvalue weighted by molar-refractivity contribution is 0.467. The van der Waals surface area contributed by atoms with Crippen LogP contribution in [0.25, 0.3) is 10.8 Å². The fraction of sp³-hybridized carbons (Fsp3) is 0. The summed E-state index contributed by atoms with van der Waals surface area (Å²) in [4.78, 5) is -3.27. The smallest absolute Gasteiger partial charge is 0.296 e. The first kappa shape index (κ1) is 17.6. The van der Waals surface area contributed by atoms with E-state index < -0.39 is 56.1 Å². The van der Waals surface area contributed by atoms with E-state index in [1.165, 1.54) is 0 Å². The second-order valence-electron chi connectivity index (χ2n) is 4.43. The van der Waals surface area contributed by atoms with Gasteiger partial charge in [-0.3, -0.25) is 13.7 Å². The number of hydrogen-bond acceptors (Lipinski definition) is 7. The first-order chi connectivity index (χ1) is 10.2. The Labute approximate surface area is 130 Å². The molecule has 2 aromatic rings. The molecule has 0 aliphatic rings. The van der Waals surface area contributed by atoms with Gasteiger partial charge < -0.3 is 5.73 Å². The molecule has 13 heteroatoms. The quantitative estimate of drug-likeness (QED) is 0.419. The molecule has 0 aliphatic heterocycles. The Hall–Kier alpha value is -1.77. The first-order valence-electron chi connectivity index (χ1n) is 5.51. The number of nitrogens with two attached hydrogens (primary N) is 1. The zero-order chi connectivity index (χ0) is 17.8. The van der Waals surface area contributed by atoms with Crippen molar-refractivity contribution in [2.75, 3.05) is 5.73 Å². The number of anilines is 1. The number of benzene rings is 2. The lowest BCUT2D eigenvalue weighted by atomic mass is 10.1. The van der Waals surface area contributed by atoms with Crippen LogP contribution in [-0.2, 0) is 30.4 Å². The van der Waals surface area contributed by atoms with Gasteiger partial charge in [-0.15, -0.1) is 0 Å². The second-order valence-corrected chi connectivity index (χ2v) is 8.57. The summed E-state index contributed by atoms with van der Waals surface area (Å²) in [5.74, 6) is 0. The summed E-state index contributed by atoms with van der Waals surface area (Å²) in [6, 6.07) is 3.28. The molecule has 23 heavy (non-hydrogen) atoms. The van der Waals surface area contributed by atoms with Crippen molar-refractivity contribution < 1.29 is 38.9 Å². The van der Waals surface area contributed by atoms with Crippen LogP contribution in [0, 0.1) is 0 Å². The Morgan fingerprint density at radius 3 is 1.70 bits per heavy atom. The van der Waals surface area contributed by atoms with Crippen LogP contribution in [0.15, 0.2) is 39.0 Å². The minimum Gasteiger partial charge on any atom is -0.398 e. The standard InChI is InChI=1S/C10H9NO9S3/c11-7-3-5-1-2-8(21(12,13)14)10(23(18,19)20)6(5)4-9(7)22(15,16)17/h1-4H,11H2,(H,12,13,14)(H,15,16,17)(H,18,19,20). The molecule has 0 aliphatic carbocycles. The van der Waals surface area contributed by atoms with E-state index in [1.54, 1.807) is 0 Å². The average Bonchev–Trinajstić information content (AvgIpc) is 2.32. The van der Waals surface area contributed by atoms with Crippen LogP contribution in [0.5, 0.6) is 0 Å². The van der Waals surface area contributed by atoms with Gasteiger partial charge in [-0.1, -0.05) is 6.07 Å². The second kappa shape index (κ2) is 5.12. The largest absolute Gasteiger partial charge is 0.398 e. The first-order valence-corrected chi connectivity index (χ1v) is 9.83. The zero-order valence-electron chi connectivity index (χ0n) is 10.9. The molecule has 126 valence electrons. The fourth-order valence-electron chi connectivity index (χ4n) is 2.02. The monoisotopic (exact) mass is 383 g/mol. The molecule has 0 saturated carbocycles. The molecular formula is C10H9NO9S3. The van der Waals surface area contributed by atoms with E-state index in [0.717, 1.165) is 12.1 Å². The van der Waals surface area contributed by atoms with Crippen molar-refractivity contribution in [2.45, 2.75) is 14.7 Å². The van der Waals surface area contributed by atoms with Crippen LogP contribution in [0.4, 0.5) is 5.69 Å². The number of fused-ring (bicyclic) bond motifs is 1. The molecule has 0 fully saturated rings. The Morgan fingerprint density at radius 1 is 0.739 bits per heavy atom. The molecule has 0 aromatic heterocycles.